The average Bonchev–Trinajstić information content (AvgIpc) is 3.27. The van der Waals surface area contributed by atoms with E-state index in [0.717, 1.165) is 49.8 Å². The van der Waals surface area contributed by atoms with Crippen molar-refractivity contribution in [1.29, 1.82) is 0 Å². The van der Waals surface area contributed by atoms with Crippen molar-refractivity contribution in [2.24, 2.45) is 11.7 Å². The molecule has 1 aromatic rings. The molecule has 1 saturated heterocycles. The molecule has 364 valence electrons. The van der Waals surface area contributed by atoms with Crippen LogP contribution in [0.25, 0.3) is 0 Å². The van der Waals surface area contributed by atoms with Gasteiger partial charge in [-0.1, -0.05) is 212 Å². The van der Waals surface area contributed by atoms with Crippen LogP contribution < -0.4 is 5.73 Å². The highest BCUT2D eigenvalue weighted by Gasteiger charge is 2.54. The smallest absolute Gasteiger partial charge is 0.417 e. The Hall–Kier alpha value is -2.77. The first-order chi connectivity index (χ1) is 30.6. The van der Waals surface area contributed by atoms with Gasteiger partial charge in [0.25, 0.3) is 0 Å². The van der Waals surface area contributed by atoms with E-state index in [-0.39, 0.29) is 32.1 Å². The fourth-order valence-electron chi connectivity index (χ4n) is 8.54. The van der Waals surface area contributed by atoms with Gasteiger partial charge in [-0.15, -0.1) is 0 Å². The van der Waals surface area contributed by atoms with Crippen molar-refractivity contribution >= 4 is 18.1 Å². The molecule has 2 rings (SSSR count). The number of imide groups is 1. The summed E-state index contributed by atoms with van der Waals surface area (Å²) in [6, 6.07) is 6.17. The van der Waals surface area contributed by atoms with Gasteiger partial charge in [0, 0.05) is 6.54 Å². The lowest BCUT2D eigenvalue weighted by molar-refractivity contribution is -0.241. The second kappa shape index (κ2) is 35.5. The number of amides is 3. The third-order valence-electron chi connectivity index (χ3n) is 12.4. The molecular weight excluding hydrogens is 799 g/mol. The molecule has 5 N–H and O–H groups in total. The number of ether oxygens (including phenoxy) is 3. The van der Waals surface area contributed by atoms with Gasteiger partial charge in [0.2, 0.25) is 5.91 Å². The number of carbonyl (C=O) groups excluding carboxylic acids is 3. The number of benzene rings is 1. The number of carbonyl (C=O) groups is 3. The SMILES string of the molecule is CCCCCCCCCCCCCCCCCCOC(=O)N(CCCCCCCCCCCC)[C@@H]1O[C@H](CO)[C@@H](O)[C@H](O)[C@H]1N(C(=O)OCc1ccccc1)C(=O)[C@@H](N)CC(C)C. The molecule has 0 saturated carbocycles. The minimum absolute atomic E-state index is 0.00817. The Bertz CT molecular complexity index is 1300. The molecule has 1 heterocycles. The molecular formula is C51H91N3O9. The fourth-order valence-corrected chi connectivity index (χ4v) is 8.54. The summed E-state index contributed by atoms with van der Waals surface area (Å²) in [4.78, 5) is 44.5. The zero-order chi connectivity index (χ0) is 46.1. The lowest BCUT2D eigenvalue weighted by Crippen LogP contribution is -2.71. The summed E-state index contributed by atoms with van der Waals surface area (Å²) in [5.74, 6) is -0.847. The second-order valence-corrected chi connectivity index (χ2v) is 18.5. The predicted octanol–water partition coefficient (Wildman–Crippen LogP) is 11.0. The zero-order valence-corrected chi connectivity index (χ0v) is 40.1. The predicted molar refractivity (Wildman–Crippen MR) is 252 cm³/mol. The highest BCUT2D eigenvalue weighted by Crippen LogP contribution is 2.31. The first-order valence-corrected chi connectivity index (χ1v) is 25.4. The first-order valence-electron chi connectivity index (χ1n) is 25.4. The van der Waals surface area contributed by atoms with Crippen LogP contribution in [0.4, 0.5) is 9.59 Å². The van der Waals surface area contributed by atoms with E-state index in [2.05, 4.69) is 13.8 Å². The van der Waals surface area contributed by atoms with Crippen LogP contribution in [0.3, 0.4) is 0 Å². The molecule has 0 spiro atoms. The number of rotatable bonds is 36. The van der Waals surface area contributed by atoms with Gasteiger partial charge in [0.05, 0.1) is 19.3 Å². The second-order valence-electron chi connectivity index (χ2n) is 18.5. The summed E-state index contributed by atoms with van der Waals surface area (Å²) in [6.45, 7) is 7.70. The third-order valence-corrected chi connectivity index (χ3v) is 12.4. The van der Waals surface area contributed by atoms with Gasteiger partial charge in [-0.25, -0.2) is 14.5 Å². The molecule has 12 nitrogen and oxygen atoms in total. The van der Waals surface area contributed by atoms with Crippen molar-refractivity contribution in [3.63, 3.8) is 0 Å². The summed E-state index contributed by atoms with van der Waals surface area (Å²) >= 11 is 0. The molecule has 6 atom stereocenters. The van der Waals surface area contributed by atoms with Crippen molar-refractivity contribution in [1.82, 2.24) is 9.80 Å². The lowest BCUT2D eigenvalue weighted by atomic mass is 9.93. The fraction of sp³-hybridized carbons (Fsp3) is 0.824. The van der Waals surface area contributed by atoms with Crippen LogP contribution in [0.5, 0.6) is 0 Å². The number of aliphatic hydroxyl groups excluding tert-OH is 3. The molecule has 0 radical (unpaired) electrons. The Morgan fingerprint density at radius 2 is 1.11 bits per heavy atom. The molecule has 1 fully saturated rings. The van der Waals surface area contributed by atoms with Crippen LogP contribution >= 0.6 is 0 Å². The quantitative estimate of drug-likeness (QED) is 0.0475. The minimum atomic E-state index is -1.82. The van der Waals surface area contributed by atoms with Crippen molar-refractivity contribution < 1.29 is 43.9 Å². The Balaban J connectivity index is 2.15. The van der Waals surface area contributed by atoms with Gasteiger partial charge >= 0.3 is 12.2 Å². The van der Waals surface area contributed by atoms with Gasteiger partial charge in [0.1, 0.15) is 31.0 Å². The maximum Gasteiger partial charge on any atom is 0.417 e. The van der Waals surface area contributed by atoms with E-state index in [4.69, 9.17) is 19.9 Å². The minimum Gasteiger partial charge on any atom is -0.449 e. The average molecular weight is 890 g/mol. The molecule has 3 amide bonds. The van der Waals surface area contributed by atoms with E-state index in [9.17, 15) is 29.7 Å². The van der Waals surface area contributed by atoms with Gasteiger partial charge in [-0.2, -0.15) is 0 Å². The molecule has 0 aliphatic carbocycles. The van der Waals surface area contributed by atoms with E-state index in [1.54, 1.807) is 24.3 Å². The van der Waals surface area contributed by atoms with Crippen molar-refractivity contribution in [3.8, 4) is 0 Å². The van der Waals surface area contributed by atoms with Crippen LogP contribution in [0, 0.1) is 5.92 Å². The summed E-state index contributed by atoms with van der Waals surface area (Å²) in [5, 5.41) is 33.2. The third kappa shape index (κ3) is 23.3. The van der Waals surface area contributed by atoms with Crippen LogP contribution in [0.1, 0.15) is 207 Å². The number of aliphatic hydroxyl groups is 3. The van der Waals surface area contributed by atoms with Gasteiger partial charge in [-0.05, 0) is 30.7 Å². The molecule has 0 aromatic heterocycles. The maximum atomic E-state index is 14.2. The number of unbranched alkanes of at least 4 members (excludes halogenated alkanes) is 24. The highest BCUT2D eigenvalue weighted by atomic mass is 16.6. The highest BCUT2D eigenvalue weighted by molar-refractivity contribution is 5.95. The van der Waals surface area contributed by atoms with Gasteiger partial charge in [0.15, 0.2) is 6.23 Å². The molecule has 63 heavy (non-hydrogen) atoms. The summed E-state index contributed by atoms with van der Waals surface area (Å²) < 4.78 is 17.7. The standard InChI is InChI=1S/C51H91N3O9/c1-5-7-9-11-13-15-17-18-19-20-21-22-24-26-28-33-37-61-50(59)53(36-32-27-25-23-16-14-12-10-8-6-2)49-45(47(57)46(56)44(39-55)63-49)54(48(58)43(52)38-41(3)4)51(60)62-40-42-34-30-29-31-35-42/h29-31,34-35,41,43-47,49,55-57H,5-28,32-33,36-40,52H2,1-4H3/t43-,44+,45+,46+,47+,49+/m0/s1. The number of hydrogen-bond donors (Lipinski definition) is 4. The van der Waals surface area contributed by atoms with Gasteiger partial charge in [-0.3, -0.25) is 9.69 Å². The van der Waals surface area contributed by atoms with Crippen molar-refractivity contribution in [2.75, 3.05) is 19.8 Å². The summed E-state index contributed by atoms with van der Waals surface area (Å²) in [7, 11) is 0. The maximum absolute atomic E-state index is 14.2. The number of nitrogens with two attached hydrogens (primary N) is 1. The van der Waals surface area contributed by atoms with Crippen LogP contribution in [0.2, 0.25) is 0 Å². The molecule has 0 unspecified atom stereocenters. The Labute approximate surface area is 382 Å². The molecule has 1 aliphatic rings. The Morgan fingerprint density at radius 1 is 0.651 bits per heavy atom. The number of nitrogens with zero attached hydrogens (tertiary/aromatic N) is 2. The first kappa shape index (κ1) is 56.4. The normalized spacial score (nSPS) is 19.2. The molecule has 1 aliphatic heterocycles. The van der Waals surface area contributed by atoms with Crippen LogP contribution in [0.15, 0.2) is 30.3 Å². The largest absolute Gasteiger partial charge is 0.449 e. The molecule has 0 bridgehead atoms. The van der Waals surface area contributed by atoms with E-state index in [1.165, 1.54) is 114 Å². The van der Waals surface area contributed by atoms with E-state index >= 15 is 0 Å². The lowest BCUT2D eigenvalue weighted by Gasteiger charge is -2.49. The van der Waals surface area contributed by atoms with Crippen LogP contribution in [-0.2, 0) is 25.6 Å². The Kier molecular flexibility index (Phi) is 31.7. The summed E-state index contributed by atoms with van der Waals surface area (Å²) in [6.07, 6.45) is 22.5. The van der Waals surface area contributed by atoms with E-state index in [0.29, 0.717) is 18.4 Å². The summed E-state index contributed by atoms with van der Waals surface area (Å²) in [5.41, 5.74) is 7.07. The van der Waals surface area contributed by atoms with Crippen LogP contribution in [-0.4, -0.2) is 99.6 Å². The Morgan fingerprint density at radius 3 is 1.57 bits per heavy atom. The zero-order valence-electron chi connectivity index (χ0n) is 40.1. The van der Waals surface area contributed by atoms with Crippen molar-refractivity contribution in [2.45, 2.75) is 244 Å². The molecule has 12 heteroatoms. The van der Waals surface area contributed by atoms with E-state index < -0.39 is 61.3 Å². The number of hydrogen-bond acceptors (Lipinski definition) is 10. The van der Waals surface area contributed by atoms with Crippen molar-refractivity contribution in [3.05, 3.63) is 35.9 Å². The topological polar surface area (TPSA) is 172 Å². The van der Waals surface area contributed by atoms with E-state index in [1.807, 2.05) is 19.9 Å². The monoisotopic (exact) mass is 890 g/mol. The van der Waals surface area contributed by atoms with Gasteiger partial charge < -0.3 is 35.3 Å². The molecule has 1 aromatic carbocycles.